The first-order valence-electron chi connectivity index (χ1n) is 5.83. The highest BCUT2D eigenvalue weighted by Gasteiger charge is 2.08. The van der Waals surface area contributed by atoms with Crippen LogP contribution >= 0.6 is 0 Å². The number of nitrogens with zero attached hydrogens (tertiary/aromatic N) is 2. The van der Waals surface area contributed by atoms with E-state index in [2.05, 4.69) is 17.3 Å². The quantitative estimate of drug-likeness (QED) is 0.880. The summed E-state index contributed by atoms with van der Waals surface area (Å²) in [5.41, 5.74) is 3.58. The second-order valence-electron chi connectivity index (χ2n) is 4.39. The van der Waals surface area contributed by atoms with Crippen molar-refractivity contribution >= 4 is 0 Å². The second-order valence-corrected chi connectivity index (χ2v) is 4.39. The maximum atomic E-state index is 5.50. The molecular weight excluding hydrogens is 214 g/mol. The van der Waals surface area contributed by atoms with E-state index in [1.165, 1.54) is 11.3 Å². The maximum Gasteiger partial charge on any atom is 0.117 e. The highest BCUT2D eigenvalue weighted by molar-refractivity contribution is 5.24. The molecule has 2 aromatic rings. The van der Waals surface area contributed by atoms with Gasteiger partial charge in [0.1, 0.15) is 11.5 Å². The van der Waals surface area contributed by atoms with Gasteiger partial charge in [-0.25, -0.2) is 0 Å². The van der Waals surface area contributed by atoms with Gasteiger partial charge in [-0.1, -0.05) is 0 Å². The Balaban J connectivity index is 1.94. The molecule has 0 radical (unpaired) electrons. The molecule has 0 amide bonds. The molecule has 2 aromatic heterocycles. The van der Waals surface area contributed by atoms with Crippen molar-refractivity contribution < 1.29 is 4.42 Å². The first-order valence-corrected chi connectivity index (χ1v) is 5.83. The number of aryl methyl sites for hydroxylation is 3. The van der Waals surface area contributed by atoms with Gasteiger partial charge in [-0.3, -0.25) is 4.68 Å². The van der Waals surface area contributed by atoms with Crippen LogP contribution in [0.5, 0.6) is 0 Å². The lowest BCUT2D eigenvalue weighted by molar-refractivity contribution is 0.461. The summed E-state index contributed by atoms with van der Waals surface area (Å²) in [4.78, 5) is 0. The SMILES string of the molecule is Cc1ccc(CNCc2c(C)nn(C)c2C)o1. The summed E-state index contributed by atoms with van der Waals surface area (Å²) in [6.07, 6.45) is 0. The van der Waals surface area contributed by atoms with E-state index in [1.54, 1.807) is 0 Å². The second kappa shape index (κ2) is 4.75. The van der Waals surface area contributed by atoms with Crippen molar-refractivity contribution in [3.8, 4) is 0 Å². The summed E-state index contributed by atoms with van der Waals surface area (Å²) in [7, 11) is 1.97. The zero-order chi connectivity index (χ0) is 12.4. The summed E-state index contributed by atoms with van der Waals surface area (Å²) in [5.74, 6) is 1.93. The Morgan fingerprint density at radius 3 is 2.53 bits per heavy atom. The fourth-order valence-corrected chi connectivity index (χ4v) is 1.96. The lowest BCUT2D eigenvalue weighted by Crippen LogP contribution is -2.13. The molecule has 4 nitrogen and oxygen atoms in total. The molecule has 1 N–H and O–H groups in total. The first-order chi connectivity index (χ1) is 8.08. The van der Waals surface area contributed by atoms with Crippen molar-refractivity contribution in [2.24, 2.45) is 7.05 Å². The van der Waals surface area contributed by atoms with Crippen LogP contribution in [0, 0.1) is 20.8 Å². The third kappa shape index (κ3) is 2.58. The minimum absolute atomic E-state index is 0.752. The van der Waals surface area contributed by atoms with Crippen LogP contribution < -0.4 is 5.32 Å². The molecule has 0 aromatic carbocycles. The van der Waals surface area contributed by atoms with E-state index in [4.69, 9.17) is 4.42 Å². The van der Waals surface area contributed by atoms with Crippen molar-refractivity contribution in [2.75, 3.05) is 0 Å². The largest absolute Gasteiger partial charge is 0.465 e. The molecule has 2 heterocycles. The van der Waals surface area contributed by atoms with Gasteiger partial charge in [0.25, 0.3) is 0 Å². The minimum Gasteiger partial charge on any atom is -0.465 e. The van der Waals surface area contributed by atoms with E-state index >= 15 is 0 Å². The molecule has 0 aliphatic rings. The Morgan fingerprint density at radius 1 is 1.24 bits per heavy atom. The van der Waals surface area contributed by atoms with Crippen molar-refractivity contribution in [1.29, 1.82) is 0 Å². The van der Waals surface area contributed by atoms with Crippen LogP contribution in [0.3, 0.4) is 0 Å². The number of nitrogens with one attached hydrogen (secondary N) is 1. The van der Waals surface area contributed by atoms with Gasteiger partial charge in [-0.05, 0) is 32.9 Å². The summed E-state index contributed by atoms with van der Waals surface area (Å²) < 4.78 is 7.42. The normalized spacial score (nSPS) is 11.1. The van der Waals surface area contributed by atoms with E-state index in [-0.39, 0.29) is 0 Å². The van der Waals surface area contributed by atoms with Crippen molar-refractivity contribution in [2.45, 2.75) is 33.9 Å². The molecule has 0 saturated heterocycles. The van der Waals surface area contributed by atoms with Gasteiger partial charge < -0.3 is 9.73 Å². The van der Waals surface area contributed by atoms with E-state index in [9.17, 15) is 0 Å². The van der Waals surface area contributed by atoms with Crippen LogP contribution in [0.2, 0.25) is 0 Å². The molecule has 0 saturated carbocycles. The number of aromatic nitrogens is 2. The van der Waals surface area contributed by atoms with Gasteiger partial charge in [0.15, 0.2) is 0 Å². The molecule has 0 bridgehead atoms. The molecule has 4 heteroatoms. The third-order valence-electron chi connectivity index (χ3n) is 3.06. The molecule has 0 aliphatic carbocycles. The van der Waals surface area contributed by atoms with Gasteiger partial charge in [0, 0.05) is 24.8 Å². The first kappa shape index (κ1) is 11.9. The van der Waals surface area contributed by atoms with Crippen LogP contribution in [0.4, 0.5) is 0 Å². The zero-order valence-corrected chi connectivity index (χ0v) is 10.9. The Kier molecular flexibility index (Phi) is 3.33. The van der Waals surface area contributed by atoms with Crippen LogP contribution in [0.15, 0.2) is 16.5 Å². The number of rotatable bonds is 4. The predicted octanol–water partition coefficient (Wildman–Crippen LogP) is 2.23. The summed E-state index contributed by atoms with van der Waals surface area (Å²) in [6.45, 7) is 7.67. The average molecular weight is 233 g/mol. The molecule has 17 heavy (non-hydrogen) atoms. The van der Waals surface area contributed by atoms with Crippen LogP contribution in [-0.2, 0) is 20.1 Å². The average Bonchev–Trinajstić information content (AvgIpc) is 2.78. The predicted molar refractivity (Wildman–Crippen MR) is 66.7 cm³/mol. The highest BCUT2D eigenvalue weighted by Crippen LogP contribution is 2.12. The fourth-order valence-electron chi connectivity index (χ4n) is 1.96. The Morgan fingerprint density at radius 2 is 2.00 bits per heavy atom. The number of hydrogen-bond donors (Lipinski definition) is 1. The molecule has 0 fully saturated rings. The van der Waals surface area contributed by atoms with Gasteiger partial charge in [-0.2, -0.15) is 5.10 Å². The van der Waals surface area contributed by atoms with Gasteiger partial charge in [0.05, 0.1) is 12.2 Å². The molecule has 2 rings (SSSR count). The summed E-state index contributed by atoms with van der Waals surface area (Å²) in [5, 5.41) is 7.77. The summed E-state index contributed by atoms with van der Waals surface area (Å²) in [6, 6.07) is 3.99. The van der Waals surface area contributed by atoms with Crippen LogP contribution in [0.1, 0.15) is 28.5 Å². The molecule has 0 aliphatic heterocycles. The van der Waals surface area contributed by atoms with Gasteiger partial charge in [0.2, 0.25) is 0 Å². The lowest BCUT2D eigenvalue weighted by atomic mass is 10.2. The Hall–Kier alpha value is -1.55. The smallest absolute Gasteiger partial charge is 0.117 e. The molecule has 0 unspecified atom stereocenters. The summed E-state index contributed by atoms with van der Waals surface area (Å²) >= 11 is 0. The van der Waals surface area contributed by atoms with E-state index in [0.717, 1.165) is 30.3 Å². The maximum absolute atomic E-state index is 5.50. The molecule has 92 valence electrons. The number of furan rings is 1. The standard InChI is InChI=1S/C13H19N3O/c1-9-5-6-12(17-9)7-14-8-13-10(2)15-16(4)11(13)3/h5-6,14H,7-8H2,1-4H3. The Labute approximate surface area is 102 Å². The van der Waals surface area contributed by atoms with Gasteiger partial charge >= 0.3 is 0 Å². The number of hydrogen-bond acceptors (Lipinski definition) is 3. The third-order valence-corrected chi connectivity index (χ3v) is 3.06. The Bertz CT molecular complexity index is 511. The zero-order valence-electron chi connectivity index (χ0n) is 10.9. The molecule has 0 atom stereocenters. The fraction of sp³-hybridized carbons (Fsp3) is 0.462. The minimum atomic E-state index is 0.752. The molecular formula is C13H19N3O. The van der Waals surface area contributed by atoms with Crippen molar-refractivity contribution in [3.05, 3.63) is 40.6 Å². The van der Waals surface area contributed by atoms with E-state index in [1.807, 2.05) is 37.7 Å². The van der Waals surface area contributed by atoms with Crippen molar-refractivity contribution in [3.63, 3.8) is 0 Å². The van der Waals surface area contributed by atoms with E-state index < -0.39 is 0 Å². The topological polar surface area (TPSA) is 43.0 Å². The monoisotopic (exact) mass is 233 g/mol. The highest BCUT2D eigenvalue weighted by atomic mass is 16.3. The van der Waals surface area contributed by atoms with Crippen molar-refractivity contribution in [1.82, 2.24) is 15.1 Å². The lowest BCUT2D eigenvalue weighted by Gasteiger charge is -2.03. The van der Waals surface area contributed by atoms with Crippen LogP contribution in [0.25, 0.3) is 0 Å². The van der Waals surface area contributed by atoms with E-state index in [0.29, 0.717) is 0 Å². The van der Waals surface area contributed by atoms with Gasteiger partial charge in [-0.15, -0.1) is 0 Å². The van der Waals surface area contributed by atoms with Crippen LogP contribution in [-0.4, -0.2) is 9.78 Å². The molecule has 0 spiro atoms.